The van der Waals surface area contributed by atoms with Gasteiger partial charge in [-0.2, -0.15) is 0 Å². The maximum Gasteiger partial charge on any atom is 0.136 e. The second-order valence-electron chi connectivity index (χ2n) is 4.64. The summed E-state index contributed by atoms with van der Waals surface area (Å²) in [7, 11) is 0. The number of nitrogens with zero attached hydrogens (tertiary/aromatic N) is 1. The van der Waals surface area contributed by atoms with Gasteiger partial charge < -0.3 is 15.5 Å². The first-order valence-electron chi connectivity index (χ1n) is 6.27. The third-order valence-electron chi connectivity index (χ3n) is 3.35. The molecule has 0 bridgehead atoms. The van der Waals surface area contributed by atoms with Gasteiger partial charge in [0.15, 0.2) is 0 Å². The molecular formula is C13H16ClN3O. The predicted octanol–water partition coefficient (Wildman–Crippen LogP) is 2.92. The fourth-order valence-corrected chi connectivity index (χ4v) is 2.67. The molecule has 0 saturated carbocycles. The molecule has 0 amide bonds. The molecule has 1 aliphatic rings. The van der Waals surface area contributed by atoms with E-state index in [1.165, 1.54) is 6.42 Å². The van der Waals surface area contributed by atoms with Crippen molar-refractivity contribution in [3.05, 3.63) is 28.5 Å². The second kappa shape index (κ2) is 4.88. The number of halogens is 1. The summed E-state index contributed by atoms with van der Waals surface area (Å²) in [5.41, 5.74) is 8.54. The van der Waals surface area contributed by atoms with Gasteiger partial charge in [-0.25, -0.2) is 4.98 Å². The van der Waals surface area contributed by atoms with Crippen molar-refractivity contribution in [3.63, 3.8) is 0 Å². The lowest BCUT2D eigenvalue weighted by Gasteiger charge is -2.20. The highest BCUT2D eigenvalue weighted by molar-refractivity contribution is 6.31. The lowest BCUT2D eigenvalue weighted by molar-refractivity contribution is 0.0101. The SMILES string of the molecule is NCc1cc(Cl)cc2[nH]c(C3CCCCO3)nc12. The predicted molar refractivity (Wildman–Crippen MR) is 71.5 cm³/mol. The number of aromatic nitrogens is 2. The first kappa shape index (κ1) is 12.0. The number of nitrogens with one attached hydrogen (secondary N) is 1. The molecule has 1 aliphatic heterocycles. The number of hydrogen-bond acceptors (Lipinski definition) is 3. The zero-order valence-corrected chi connectivity index (χ0v) is 10.8. The highest BCUT2D eigenvalue weighted by Crippen LogP contribution is 2.29. The second-order valence-corrected chi connectivity index (χ2v) is 5.08. The van der Waals surface area contributed by atoms with Crippen LogP contribution < -0.4 is 5.73 Å². The molecule has 4 nitrogen and oxygen atoms in total. The van der Waals surface area contributed by atoms with E-state index < -0.39 is 0 Å². The Morgan fingerprint density at radius 3 is 3.06 bits per heavy atom. The number of H-pyrrole nitrogens is 1. The summed E-state index contributed by atoms with van der Waals surface area (Å²) in [5, 5.41) is 0.683. The highest BCUT2D eigenvalue weighted by atomic mass is 35.5. The molecule has 18 heavy (non-hydrogen) atoms. The van der Waals surface area contributed by atoms with E-state index in [4.69, 9.17) is 22.1 Å². The molecule has 0 radical (unpaired) electrons. The van der Waals surface area contributed by atoms with Crippen LogP contribution in [0.3, 0.4) is 0 Å². The Morgan fingerprint density at radius 1 is 1.44 bits per heavy atom. The van der Waals surface area contributed by atoms with Crippen LogP contribution in [0.2, 0.25) is 5.02 Å². The summed E-state index contributed by atoms with van der Waals surface area (Å²) in [6, 6.07) is 3.76. The first-order chi connectivity index (χ1) is 8.78. The molecule has 1 unspecified atom stereocenters. The van der Waals surface area contributed by atoms with Crippen molar-refractivity contribution in [1.82, 2.24) is 9.97 Å². The molecule has 96 valence electrons. The summed E-state index contributed by atoms with van der Waals surface area (Å²) in [6.07, 6.45) is 3.42. The van der Waals surface area contributed by atoms with E-state index in [0.717, 1.165) is 41.9 Å². The van der Waals surface area contributed by atoms with Crippen LogP contribution in [0.25, 0.3) is 11.0 Å². The van der Waals surface area contributed by atoms with Gasteiger partial charge in [0.05, 0.1) is 11.0 Å². The Hall–Kier alpha value is -1.10. The summed E-state index contributed by atoms with van der Waals surface area (Å²) < 4.78 is 5.74. The molecule has 1 atom stereocenters. The zero-order valence-electron chi connectivity index (χ0n) is 10.1. The minimum atomic E-state index is 0.0792. The largest absolute Gasteiger partial charge is 0.370 e. The van der Waals surface area contributed by atoms with Crippen LogP contribution in [-0.4, -0.2) is 16.6 Å². The van der Waals surface area contributed by atoms with Gasteiger partial charge in [0.1, 0.15) is 11.9 Å². The summed E-state index contributed by atoms with van der Waals surface area (Å²) in [5.74, 6) is 0.890. The molecular weight excluding hydrogens is 250 g/mol. The number of hydrogen-bond donors (Lipinski definition) is 2. The van der Waals surface area contributed by atoms with Gasteiger partial charge in [-0.05, 0) is 37.0 Å². The van der Waals surface area contributed by atoms with Gasteiger partial charge >= 0.3 is 0 Å². The third-order valence-corrected chi connectivity index (χ3v) is 3.57. The monoisotopic (exact) mass is 265 g/mol. The molecule has 2 aromatic rings. The summed E-state index contributed by atoms with van der Waals surface area (Å²) >= 11 is 6.06. The molecule has 1 aromatic carbocycles. The van der Waals surface area contributed by atoms with E-state index >= 15 is 0 Å². The number of benzene rings is 1. The fourth-order valence-electron chi connectivity index (χ4n) is 2.43. The Bertz CT molecular complexity index is 561. The van der Waals surface area contributed by atoms with Gasteiger partial charge in [0.25, 0.3) is 0 Å². The number of nitrogens with two attached hydrogens (primary N) is 1. The van der Waals surface area contributed by atoms with Gasteiger partial charge in [-0.3, -0.25) is 0 Å². The third kappa shape index (κ3) is 2.11. The van der Waals surface area contributed by atoms with E-state index in [-0.39, 0.29) is 6.10 Å². The maximum absolute atomic E-state index is 6.06. The van der Waals surface area contributed by atoms with Crippen molar-refractivity contribution in [2.45, 2.75) is 31.9 Å². The molecule has 1 saturated heterocycles. The maximum atomic E-state index is 6.06. The molecule has 3 rings (SSSR count). The topological polar surface area (TPSA) is 63.9 Å². The number of fused-ring (bicyclic) bond motifs is 1. The number of rotatable bonds is 2. The average molecular weight is 266 g/mol. The fraction of sp³-hybridized carbons (Fsp3) is 0.462. The lowest BCUT2D eigenvalue weighted by Crippen LogP contribution is -2.12. The molecule has 1 aromatic heterocycles. The molecule has 3 N–H and O–H groups in total. The van der Waals surface area contributed by atoms with Gasteiger partial charge in [0.2, 0.25) is 0 Å². The first-order valence-corrected chi connectivity index (χ1v) is 6.65. The van der Waals surface area contributed by atoms with E-state index in [1.54, 1.807) is 0 Å². The number of imidazole rings is 1. The van der Waals surface area contributed by atoms with Gasteiger partial charge in [-0.1, -0.05) is 11.6 Å². The average Bonchev–Trinajstić information content (AvgIpc) is 2.82. The summed E-state index contributed by atoms with van der Waals surface area (Å²) in [6.45, 7) is 1.25. The standard InChI is InChI=1S/C13H16ClN3O/c14-9-5-8(7-15)12-10(6-9)16-13(17-12)11-3-1-2-4-18-11/h5-6,11H,1-4,7,15H2,(H,16,17). The van der Waals surface area contributed by atoms with Crippen molar-refractivity contribution >= 4 is 22.6 Å². The van der Waals surface area contributed by atoms with Crippen LogP contribution in [0.1, 0.15) is 36.8 Å². The Labute approximate surface area is 110 Å². The summed E-state index contributed by atoms with van der Waals surface area (Å²) in [4.78, 5) is 7.93. The van der Waals surface area contributed by atoms with Crippen LogP contribution in [0.4, 0.5) is 0 Å². The Kier molecular flexibility index (Phi) is 3.24. The van der Waals surface area contributed by atoms with Crippen molar-refractivity contribution in [1.29, 1.82) is 0 Å². The lowest BCUT2D eigenvalue weighted by atomic mass is 10.1. The normalized spacial score (nSPS) is 20.4. The van der Waals surface area contributed by atoms with E-state index in [1.807, 2.05) is 12.1 Å². The Morgan fingerprint density at radius 2 is 2.33 bits per heavy atom. The van der Waals surface area contributed by atoms with E-state index in [2.05, 4.69) is 9.97 Å². The molecule has 0 aliphatic carbocycles. The van der Waals surface area contributed by atoms with Crippen LogP contribution in [-0.2, 0) is 11.3 Å². The Balaban J connectivity index is 2.04. The molecule has 5 heteroatoms. The number of aromatic amines is 1. The van der Waals surface area contributed by atoms with Gasteiger partial charge in [-0.15, -0.1) is 0 Å². The smallest absolute Gasteiger partial charge is 0.136 e. The van der Waals surface area contributed by atoms with E-state index in [0.29, 0.717) is 11.6 Å². The quantitative estimate of drug-likeness (QED) is 0.878. The van der Waals surface area contributed by atoms with Crippen LogP contribution in [0.5, 0.6) is 0 Å². The molecule has 0 spiro atoms. The molecule has 1 fully saturated rings. The minimum absolute atomic E-state index is 0.0792. The van der Waals surface area contributed by atoms with Crippen LogP contribution >= 0.6 is 11.6 Å². The van der Waals surface area contributed by atoms with Crippen molar-refractivity contribution in [2.75, 3.05) is 6.61 Å². The zero-order chi connectivity index (χ0) is 12.5. The van der Waals surface area contributed by atoms with E-state index in [9.17, 15) is 0 Å². The van der Waals surface area contributed by atoms with Crippen molar-refractivity contribution in [2.24, 2.45) is 5.73 Å². The van der Waals surface area contributed by atoms with Gasteiger partial charge in [0, 0.05) is 18.2 Å². The molecule has 2 heterocycles. The van der Waals surface area contributed by atoms with Crippen LogP contribution in [0.15, 0.2) is 12.1 Å². The van der Waals surface area contributed by atoms with Crippen LogP contribution in [0, 0.1) is 0 Å². The minimum Gasteiger partial charge on any atom is -0.370 e. The number of ether oxygens (including phenoxy) is 1. The van der Waals surface area contributed by atoms with Crippen molar-refractivity contribution in [3.8, 4) is 0 Å². The van der Waals surface area contributed by atoms with Crippen molar-refractivity contribution < 1.29 is 4.74 Å². The highest BCUT2D eigenvalue weighted by Gasteiger charge is 2.20.